The summed E-state index contributed by atoms with van der Waals surface area (Å²) in [5.74, 6) is 1.62. The number of aromatic hydroxyl groups is 1. The molecule has 8 nitrogen and oxygen atoms in total. The highest BCUT2D eigenvalue weighted by molar-refractivity contribution is 6.01. The first-order chi connectivity index (χ1) is 13.7. The summed E-state index contributed by atoms with van der Waals surface area (Å²) in [7, 11) is 0. The van der Waals surface area contributed by atoms with Crippen LogP contribution in [0.2, 0.25) is 0 Å². The zero-order valence-corrected chi connectivity index (χ0v) is 15.2. The average molecular weight is 380 g/mol. The van der Waals surface area contributed by atoms with Gasteiger partial charge >= 0.3 is 0 Å². The molecule has 1 saturated heterocycles. The smallest absolute Gasteiger partial charge is 0.258 e. The van der Waals surface area contributed by atoms with Crippen LogP contribution in [0.1, 0.15) is 55.0 Å². The number of benzene rings is 1. The Hall–Kier alpha value is -3.00. The molecule has 2 aromatic heterocycles. The molecule has 5 rings (SSSR count). The van der Waals surface area contributed by atoms with E-state index in [0.717, 1.165) is 31.5 Å². The van der Waals surface area contributed by atoms with Crippen molar-refractivity contribution >= 4 is 17.0 Å². The lowest BCUT2D eigenvalue weighted by Gasteiger charge is -2.09. The number of nitrogens with one attached hydrogen (secondary N) is 1. The van der Waals surface area contributed by atoms with Gasteiger partial charge in [0, 0.05) is 22.9 Å². The Labute approximate surface area is 160 Å². The van der Waals surface area contributed by atoms with Gasteiger partial charge in [0.1, 0.15) is 6.10 Å². The highest BCUT2D eigenvalue weighted by Crippen LogP contribution is 2.39. The quantitative estimate of drug-likeness (QED) is 0.658. The van der Waals surface area contributed by atoms with Crippen molar-refractivity contribution in [2.24, 2.45) is 4.99 Å². The standard InChI is InChI=1S/C20H20N4O4/c25-18-14-4-2-1-3-13(14)15(19(26)23-18)10-21-9-12-7-8-16(27-12)20-22-17(24-28-20)11-5-6-11/h1-4,10-12,16H,5-9H2,(H2,23,25,26)/t12-,16+/m1/s1. The molecule has 1 aliphatic heterocycles. The molecule has 28 heavy (non-hydrogen) atoms. The Morgan fingerprint density at radius 3 is 2.86 bits per heavy atom. The van der Waals surface area contributed by atoms with Gasteiger partial charge < -0.3 is 14.4 Å². The van der Waals surface area contributed by atoms with E-state index in [4.69, 9.17) is 9.26 Å². The van der Waals surface area contributed by atoms with Crippen LogP contribution in [0, 0.1) is 0 Å². The van der Waals surface area contributed by atoms with E-state index in [1.807, 2.05) is 6.07 Å². The van der Waals surface area contributed by atoms with Crippen LogP contribution in [0.25, 0.3) is 10.8 Å². The third kappa shape index (κ3) is 3.20. The van der Waals surface area contributed by atoms with E-state index in [-0.39, 0.29) is 23.6 Å². The van der Waals surface area contributed by atoms with Gasteiger partial charge in [-0.1, -0.05) is 23.4 Å². The Morgan fingerprint density at radius 2 is 2.04 bits per heavy atom. The van der Waals surface area contributed by atoms with E-state index in [9.17, 15) is 9.90 Å². The first-order valence-corrected chi connectivity index (χ1v) is 9.52. The van der Waals surface area contributed by atoms with Gasteiger partial charge in [0.2, 0.25) is 5.88 Å². The second kappa shape index (κ2) is 6.87. The van der Waals surface area contributed by atoms with Gasteiger partial charge in [-0.25, -0.2) is 0 Å². The summed E-state index contributed by atoms with van der Waals surface area (Å²) >= 11 is 0. The maximum Gasteiger partial charge on any atom is 0.258 e. The minimum Gasteiger partial charge on any atom is -0.494 e. The number of hydrogen-bond acceptors (Lipinski definition) is 7. The van der Waals surface area contributed by atoms with Crippen LogP contribution in [0.5, 0.6) is 5.88 Å². The summed E-state index contributed by atoms with van der Waals surface area (Å²) in [6, 6.07) is 7.12. The normalized spacial score (nSPS) is 22.4. The maximum atomic E-state index is 12.0. The number of nitrogens with zero attached hydrogens (tertiary/aromatic N) is 3. The summed E-state index contributed by atoms with van der Waals surface area (Å²) < 4.78 is 11.4. The minimum atomic E-state index is -0.322. The fourth-order valence-corrected chi connectivity index (χ4v) is 3.59. The van der Waals surface area contributed by atoms with E-state index in [1.165, 1.54) is 0 Å². The van der Waals surface area contributed by atoms with E-state index in [1.54, 1.807) is 24.4 Å². The first kappa shape index (κ1) is 17.1. The summed E-state index contributed by atoms with van der Waals surface area (Å²) in [5.41, 5.74) is 0.174. The van der Waals surface area contributed by atoms with E-state index < -0.39 is 0 Å². The van der Waals surface area contributed by atoms with Crippen LogP contribution < -0.4 is 5.56 Å². The third-order valence-corrected chi connectivity index (χ3v) is 5.26. The van der Waals surface area contributed by atoms with Gasteiger partial charge in [0.25, 0.3) is 11.4 Å². The summed E-state index contributed by atoms with van der Waals surface area (Å²) in [4.78, 5) is 23.3. The van der Waals surface area contributed by atoms with Crippen molar-refractivity contribution in [2.45, 2.75) is 43.8 Å². The van der Waals surface area contributed by atoms with Crippen molar-refractivity contribution < 1.29 is 14.4 Å². The average Bonchev–Trinajstić information content (AvgIpc) is 3.24. The number of rotatable bonds is 5. The van der Waals surface area contributed by atoms with Crippen LogP contribution in [-0.2, 0) is 4.74 Å². The van der Waals surface area contributed by atoms with Crippen molar-refractivity contribution in [3.63, 3.8) is 0 Å². The van der Waals surface area contributed by atoms with Crippen LogP contribution in [-0.4, -0.2) is 39.1 Å². The van der Waals surface area contributed by atoms with Gasteiger partial charge in [-0.15, -0.1) is 0 Å². The van der Waals surface area contributed by atoms with Gasteiger partial charge in [0.05, 0.1) is 18.2 Å². The second-order valence-electron chi connectivity index (χ2n) is 7.35. The first-order valence-electron chi connectivity index (χ1n) is 9.52. The highest BCUT2D eigenvalue weighted by Gasteiger charge is 2.33. The number of H-pyrrole nitrogens is 1. The van der Waals surface area contributed by atoms with Gasteiger partial charge in [0.15, 0.2) is 5.82 Å². The lowest BCUT2D eigenvalue weighted by molar-refractivity contribution is 0.0310. The summed E-state index contributed by atoms with van der Waals surface area (Å²) in [5, 5.41) is 15.3. The molecule has 3 heterocycles. The Morgan fingerprint density at radius 1 is 1.21 bits per heavy atom. The van der Waals surface area contributed by atoms with Crippen molar-refractivity contribution in [3.8, 4) is 5.88 Å². The zero-order chi connectivity index (χ0) is 19.1. The van der Waals surface area contributed by atoms with Crippen LogP contribution in [0.4, 0.5) is 0 Å². The molecule has 2 atom stereocenters. The van der Waals surface area contributed by atoms with Crippen molar-refractivity contribution in [3.05, 3.63) is 51.9 Å². The van der Waals surface area contributed by atoms with Crippen molar-refractivity contribution in [1.82, 2.24) is 15.1 Å². The molecule has 144 valence electrons. The molecular formula is C20H20N4O4. The SMILES string of the molecule is O=c1[nH]c(O)c(C=NC[C@H]2CC[C@@H](c3nc(C4CC4)no3)O2)c2ccccc12. The van der Waals surface area contributed by atoms with E-state index >= 15 is 0 Å². The fraction of sp³-hybridized carbons (Fsp3) is 0.400. The molecule has 0 amide bonds. The topological polar surface area (TPSA) is 114 Å². The summed E-state index contributed by atoms with van der Waals surface area (Å²) in [6.07, 6.45) is 5.29. The van der Waals surface area contributed by atoms with Crippen molar-refractivity contribution in [1.29, 1.82) is 0 Å². The largest absolute Gasteiger partial charge is 0.494 e. The fourth-order valence-electron chi connectivity index (χ4n) is 3.59. The van der Waals surface area contributed by atoms with Gasteiger partial charge in [-0.05, 0) is 31.7 Å². The Kier molecular flexibility index (Phi) is 4.20. The predicted molar refractivity (Wildman–Crippen MR) is 102 cm³/mol. The Balaban J connectivity index is 1.27. The third-order valence-electron chi connectivity index (χ3n) is 5.26. The van der Waals surface area contributed by atoms with Crippen LogP contribution >= 0.6 is 0 Å². The molecule has 0 spiro atoms. The highest BCUT2D eigenvalue weighted by atomic mass is 16.5. The number of fused-ring (bicyclic) bond motifs is 1. The Bertz CT molecular complexity index is 1100. The molecule has 1 aliphatic carbocycles. The molecule has 0 radical (unpaired) electrons. The lowest BCUT2D eigenvalue weighted by Crippen LogP contribution is -2.11. The number of pyridine rings is 1. The van der Waals surface area contributed by atoms with Gasteiger partial charge in [-0.2, -0.15) is 4.98 Å². The second-order valence-corrected chi connectivity index (χ2v) is 7.35. The lowest BCUT2D eigenvalue weighted by atomic mass is 10.1. The zero-order valence-electron chi connectivity index (χ0n) is 15.2. The number of hydrogen-bond donors (Lipinski definition) is 2. The van der Waals surface area contributed by atoms with Gasteiger partial charge in [-0.3, -0.25) is 14.8 Å². The molecular weight excluding hydrogens is 360 g/mol. The van der Waals surface area contributed by atoms with Crippen LogP contribution in [0.15, 0.2) is 38.6 Å². The number of ether oxygens (including phenoxy) is 1. The predicted octanol–water partition coefficient (Wildman–Crippen LogP) is 2.83. The monoisotopic (exact) mass is 380 g/mol. The van der Waals surface area contributed by atoms with Crippen molar-refractivity contribution in [2.75, 3.05) is 6.54 Å². The van der Waals surface area contributed by atoms with E-state index in [0.29, 0.717) is 34.7 Å². The maximum absolute atomic E-state index is 12.0. The molecule has 2 aliphatic rings. The molecule has 0 bridgehead atoms. The molecule has 8 heteroatoms. The molecule has 2 N–H and O–H groups in total. The molecule has 1 saturated carbocycles. The van der Waals surface area contributed by atoms with Crippen LogP contribution in [0.3, 0.4) is 0 Å². The molecule has 3 aromatic rings. The number of aromatic amines is 1. The molecule has 1 aromatic carbocycles. The number of aliphatic imine (C=N–C) groups is 1. The molecule has 0 unspecified atom stereocenters. The summed E-state index contributed by atoms with van der Waals surface area (Å²) in [6.45, 7) is 0.451. The molecule has 2 fully saturated rings. The number of aromatic nitrogens is 3. The van der Waals surface area contributed by atoms with E-state index in [2.05, 4.69) is 20.1 Å². The minimum absolute atomic E-state index is 0.0475.